The molecule has 25 heavy (non-hydrogen) atoms. The number of aromatic nitrogens is 4. The van der Waals surface area contributed by atoms with Gasteiger partial charge in [0.1, 0.15) is 10.7 Å². The first-order valence-electron chi connectivity index (χ1n) is 8.43. The third-order valence-corrected chi connectivity index (χ3v) is 6.49. The predicted octanol–water partition coefficient (Wildman–Crippen LogP) is 4.36. The number of H-pyrrole nitrogens is 1. The van der Waals surface area contributed by atoms with Crippen molar-refractivity contribution in [3.8, 4) is 0 Å². The van der Waals surface area contributed by atoms with Crippen molar-refractivity contribution >= 4 is 33.3 Å². The van der Waals surface area contributed by atoms with Crippen molar-refractivity contribution in [2.75, 3.05) is 0 Å². The van der Waals surface area contributed by atoms with E-state index in [9.17, 15) is 4.79 Å². The van der Waals surface area contributed by atoms with Gasteiger partial charge in [0.05, 0.1) is 16.8 Å². The van der Waals surface area contributed by atoms with Gasteiger partial charge in [-0.15, -0.1) is 11.3 Å². The van der Waals surface area contributed by atoms with Crippen LogP contribution in [0.3, 0.4) is 0 Å². The summed E-state index contributed by atoms with van der Waals surface area (Å²) >= 11 is 3.21. The quantitative estimate of drug-likeness (QED) is 0.672. The molecule has 0 unspecified atom stereocenters. The molecule has 0 amide bonds. The molecule has 0 radical (unpaired) electrons. The molecule has 134 valence electrons. The maximum absolute atomic E-state index is 12.4. The summed E-state index contributed by atoms with van der Waals surface area (Å²) in [5.41, 5.74) is 3.26. The molecule has 0 fully saturated rings. The molecule has 7 heteroatoms. The number of aryl methyl sites for hydroxylation is 3. The number of rotatable bonds is 5. The van der Waals surface area contributed by atoms with E-state index in [1.54, 1.807) is 23.1 Å². The summed E-state index contributed by atoms with van der Waals surface area (Å²) in [4.78, 5) is 26.7. The monoisotopic (exact) mass is 376 g/mol. The second-order valence-electron chi connectivity index (χ2n) is 6.83. The fraction of sp³-hybridized carbons (Fsp3) is 0.500. The van der Waals surface area contributed by atoms with Gasteiger partial charge in [0.2, 0.25) is 0 Å². The van der Waals surface area contributed by atoms with Crippen LogP contribution in [0.5, 0.6) is 0 Å². The number of thiophene rings is 1. The standard InChI is InChI=1S/C18H24N4OS2/c1-9(2)7-22-12(5)11(4)19-18(22)24-8-14-20-16(23)15-10(3)13(6)25-17(15)21-14/h9H,7-8H2,1-6H3,(H,20,21,23). The second-order valence-corrected chi connectivity index (χ2v) is 8.98. The molecule has 0 spiro atoms. The lowest BCUT2D eigenvalue weighted by atomic mass is 10.2. The van der Waals surface area contributed by atoms with Crippen LogP contribution in [0.2, 0.25) is 0 Å². The van der Waals surface area contributed by atoms with Crippen LogP contribution in [0.25, 0.3) is 10.2 Å². The van der Waals surface area contributed by atoms with E-state index in [0.29, 0.717) is 17.5 Å². The van der Waals surface area contributed by atoms with Gasteiger partial charge in [-0.3, -0.25) is 4.79 Å². The van der Waals surface area contributed by atoms with Gasteiger partial charge in [0.15, 0.2) is 5.16 Å². The number of thioether (sulfide) groups is 1. The van der Waals surface area contributed by atoms with E-state index >= 15 is 0 Å². The largest absolute Gasteiger partial charge is 0.323 e. The minimum atomic E-state index is -0.0414. The molecule has 3 rings (SSSR count). The molecule has 1 N–H and O–H groups in total. The first-order chi connectivity index (χ1) is 11.8. The maximum Gasteiger partial charge on any atom is 0.259 e. The van der Waals surface area contributed by atoms with Crippen molar-refractivity contribution in [1.29, 1.82) is 0 Å². The molecule has 3 aromatic heterocycles. The Bertz CT molecular complexity index is 981. The summed E-state index contributed by atoms with van der Waals surface area (Å²) in [5.74, 6) is 1.87. The van der Waals surface area contributed by atoms with Crippen LogP contribution in [-0.2, 0) is 12.3 Å². The number of nitrogens with one attached hydrogen (secondary N) is 1. The van der Waals surface area contributed by atoms with Crippen LogP contribution in [0, 0.1) is 33.6 Å². The van der Waals surface area contributed by atoms with Crippen LogP contribution >= 0.6 is 23.1 Å². The van der Waals surface area contributed by atoms with E-state index in [0.717, 1.165) is 38.1 Å². The van der Waals surface area contributed by atoms with Gasteiger partial charge in [0, 0.05) is 17.1 Å². The molecule has 0 saturated heterocycles. The molecular weight excluding hydrogens is 352 g/mol. The van der Waals surface area contributed by atoms with Crippen molar-refractivity contribution in [1.82, 2.24) is 19.5 Å². The van der Waals surface area contributed by atoms with Gasteiger partial charge in [0.25, 0.3) is 5.56 Å². The summed E-state index contributed by atoms with van der Waals surface area (Å²) in [6.07, 6.45) is 0. The van der Waals surface area contributed by atoms with Crippen molar-refractivity contribution in [3.05, 3.63) is 38.0 Å². The van der Waals surface area contributed by atoms with E-state index in [1.807, 2.05) is 20.8 Å². The normalized spacial score (nSPS) is 11.8. The number of hydrogen-bond donors (Lipinski definition) is 1. The molecule has 0 aliphatic rings. The lowest BCUT2D eigenvalue weighted by Gasteiger charge is -2.12. The van der Waals surface area contributed by atoms with Crippen LogP contribution < -0.4 is 5.56 Å². The summed E-state index contributed by atoms with van der Waals surface area (Å²) in [7, 11) is 0. The first-order valence-corrected chi connectivity index (χ1v) is 10.2. The zero-order chi connectivity index (χ0) is 18.3. The summed E-state index contributed by atoms with van der Waals surface area (Å²) in [6, 6.07) is 0. The molecular formula is C18H24N4OS2. The van der Waals surface area contributed by atoms with Crippen molar-refractivity contribution < 1.29 is 0 Å². The topological polar surface area (TPSA) is 63.6 Å². The van der Waals surface area contributed by atoms with E-state index in [4.69, 9.17) is 4.98 Å². The van der Waals surface area contributed by atoms with E-state index in [2.05, 4.69) is 35.3 Å². The highest BCUT2D eigenvalue weighted by molar-refractivity contribution is 7.98. The Balaban J connectivity index is 1.88. The van der Waals surface area contributed by atoms with Gasteiger partial charge in [-0.2, -0.15) is 0 Å². The van der Waals surface area contributed by atoms with Crippen LogP contribution in [-0.4, -0.2) is 19.5 Å². The SMILES string of the molecule is Cc1nc(SCc2nc3sc(C)c(C)c3c(=O)[nH]2)n(CC(C)C)c1C. The molecule has 0 aromatic carbocycles. The molecule has 0 atom stereocenters. The molecule has 3 heterocycles. The van der Waals surface area contributed by atoms with Crippen LogP contribution in [0.1, 0.15) is 41.5 Å². The number of imidazole rings is 1. The third-order valence-electron chi connectivity index (χ3n) is 4.40. The zero-order valence-electron chi connectivity index (χ0n) is 15.6. The molecule has 0 aliphatic carbocycles. The highest BCUT2D eigenvalue weighted by Crippen LogP contribution is 2.28. The number of nitrogens with zero attached hydrogens (tertiary/aromatic N) is 3. The van der Waals surface area contributed by atoms with Crippen LogP contribution in [0.4, 0.5) is 0 Å². The Morgan fingerprint density at radius 3 is 2.60 bits per heavy atom. The third kappa shape index (κ3) is 3.53. The maximum atomic E-state index is 12.4. The minimum Gasteiger partial charge on any atom is -0.323 e. The summed E-state index contributed by atoms with van der Waals surface area (Å²) in [5, 5.41) is 1.72. The lowest BCUT2D eigenvalue weighted by Crippen LogP contribution is -2.11. The number of fused-ring (bicyclic) bond motifs is 1. The number of hydrogen-bond acceptors (Lipinski definition) is 5. The fourth-order valence-corrected chi connectivity index (χ4v) is 4.83. The van der Waals surface area contributed by atoms with E-state index in [-0.39, 0.29) is 5.56 Å². The molecule has 0 bridgehead atoms. The first kappa shape index (κ1) is 18.2. The predicted molar refractivity (Wildman–Crippen MR) is 106 cm³/mol. The van der Waals surface area contributed by atoms with Crippen molar-refractivity contribution in [3.63, 3.8) is 0 Å². The van der Waals surface area contributed by atoms with Gasteiger partial charge >= 0.3 is 0 Å². The Labute approximate surface area is 155 Å². The Hall–Kier alpha value is -1.60. The van der Waals surface area contributed by atoms with Gasteiger partial charge in [-0.25, -0.2) is 9.97 Å². The van der Waals surface area contributed by atoms with E-state index in [1.165, 1.54) is 5.69 Å². The highest BCUT2D eigenvalue weighted by atomic mass is 32.2. The molecule has 5 nitrogen and oxygen atoms in total. The van der Waals surface area contributed by atoms with Gasteiger partial charge in [-0.05, 0) is 39.2 Å². The summed E-state index contributed by atoms with van der Waals surface area (Å²) in [6.45, 7) is 13.5. The van der Waals surface area contributed by atoms with Crippen molar-refractivity contribution in [2.24, 2.45) is 5.92 Å². The molecule has 0 aliphatic heterocycles. The Morgan fingerprint density at radius 2 is 1.92 bits per heavy atom. The van der Waals surface area contributed by atoms with Gasteiger partial charge < -0.3 is 9.55 Å². The smallest absolute Gasteiger partial charge is 0.259 e. The Kier molecular flexibility index (Phi) is 5.06. The summed E-state index contributed by atoms with van der Waals surface area (Å²) < 4.78 is 2.26. The van der Waals surface area contributed by atoms with Crippen LogP contribution in [0.15, 0.2) is 9.95 Å². The Morgan fingerprint density at radius 1 is 1.20 bits per heavy atom. The van der Waals surface area contributed by atoms with E-state index < -0.39 is 0 Å². The number of aromatic amines is 1. The zero-order valence-corrected chi connectivity index (χ0v) is 17.2. The minimum absolute atomic E-state index is 0.0414. The fourth-order valence-electron chi connectivity index (χ4n) is 2.81. The average Bonchev–Trinajstić information content (AvgIpc) is 2.96. The molecule has 0 saturated carbocycles. The van der Waals surface area contributed by atoms with Gasteiger partial charge in [-0.1, -0.05) is 25.6 Å². The van der Waals surface area contributed by atoms with Crippen molar-refractivity contribution in [2.45, 2.75) is 59.0 Å². The molecule has 3 aromatic rings. The average molecular weight is 377 g/mol. The highest BCUT2D eigenvalue weighted by Gasteiger charge is 2.15. The second kappa shape index (κ2) is 6.96. The lowest BCUT2D eigenvalue weighted by molar-refractivity contribution is 0.486.